The lowest BCUT2D eigenvalue weighted by molar-refractivity contribution is 0.296. The number of hydrogen-bond acceptors (Lipinski definition) is 5. The summed E-state index contributed by atoms with van der Waals surface area (Å²) < 4.78 is 1.34. The minimum absolute atomic E-state index is 0.339. The van der Waals surface area contributed by atoms with Crippen LogP contribution in [0.15, 0.2) is 60.7 Å². The fourth-order valence-electron chi connectivity index (χ4n) is 3.97. The van der Waals surface area contributed by atoms with Crippen molar-refractivity contribution in [2.75, 3.05) is 13.6 Å². The minimum Gasteiger partial charge on any atom is -0.301 e. The Morgan fingerprint density at radius 1 is 1.07 bits per heavy atom. The largest absolute Gasteiger partial charge is 0.301 e. The molecule has 0 fully saturated rings. The summed E-state index contributed by atoms with van der Waals surface area (Å²) in [5, 5.41) is 18.4. The van der Waals surface area contributed by atoms with Crippen LogP contribution in [0.4, 0.5) is 0 Å². The van der Waals surface area contributed by atoms with Gasteiger partial charge in [0.25, 0.3) is 0 Å². The lowest BCUT2D eigenvalue weighted by Gasteiger charge is -2.32. The van der Waals surface area contributed by atoms with Gasteiger partial charge in [0.2, 0.25) is 0 Å². The van der Waals surface area contributed by atoms with Crippen molar-refractivity contribution >= 4 is 21.4 Å². The van der Waals surface area contributed by atoms with E-state index >= 15 is 0 Å². The predicted octanol–water partition coefficient (Wildman–Crippen LogP) is 4.81. The van der Waals surface area contributed by atoms with Crippen molar-refractivity contribution in [1.82, 2.24) is 15.1 Å². The molecule has 1 atom stereocenters. The zero-order valence-electron chi connectivity index (χ0n) is 15.5. The number of nitriles is 1. The number of benzene rings is 2. The van der Waals surface area contributed by atoms with Gasteiger partial charge in [0.15, 0.2) is 5.69 Å². The van der Waals surface area contributed by atoms with Gasteiger partial charge in [-0.05, 0) is 53.9 Å². The Kier molecular flexibility index (Phi) is 4.16. The summed E-state index contributed by atoms with van der Waals surface area (Å²) in [6.07, 6.45) is 0. The molecule has 0 saturated carbocycles. The van der Waals surface area contributed by atoms with E-state index in [-0.39, 0.29) is 0 Å². The molecule has 0 bridgehead atoms. The molecule has 5 heteroatoms. The van der Waals surface area contributed by atoms with Crippen molar-refractivity contribution < 1.29 is 0 Å². The monoisotopic (exact) mass is 382 g/mol. The lowest BCUT2D eigenvalue weighted by atomic mass is 9.87. The highest BCUT2D eigenvalue weighted by molar-refractivity contribution is 7.19. The van der Waals surface area contributed by atoms with Gasteiger partial charge in [-0.2, -0.15) is 5.26 Å². The number of thiophene rings is 1. The molecule has 0 saturated heterocycles. The average molecular weight is 382 g/mol. The van der Waals surface area contributed by atoms with Gasteiger partial charge in [-0.3, -0.25) is 0 Å². The van der Waals surface area contributed by atoms with Crippen molar-refractivity contribution in [2.45, 2.75) is 12.5 Å². The molecule has 4 aromatic rings. The van der Waals surface area contributed by atoms with Crippen LogP contribution in [0.2, 0.25) is 0 Å². The summed E-state index contributed by atoms with van der Waals surface area (Å²) in [6.45, 7) is 1.95. The topological polar surface area (TPSA) is 52.8 Å². The number of rotatable bonds is 2. The third-order valence-electron chi connectivity index (χ3n) is 5.32. The first-order chi connectivity index (χ1) is 13.7. The van der Waals surface area contributed by atoms with Crippen molar-refractivity contribution in [3.05, 3.63) is 82.4 Å². The first-order valence-electron chi connectivity index (χ1n) is 9.25. The highest BCUT2D eigenvalue weighted by Gasteiger charge is 2.26. The summed E-state index contributed by atoms with van der Waals surface area (Å²) >= 11 is 1.89. The maximum Gasteiger partial charge on any atom is 0.163 e. The van der Waals surface area contributed by atoms with E-state index in [2.05, 4.69) is 70.7 Å². The summed E-state index contributed by atoms with van der Waals surface area (Å²) in [7, 11) is 2.18. The maximum atomic E-state index is 8.92. The quantitative estimate of drug-likeness (QED) is 0.499. The highest BCUT2D eigenvalue weighted by atomic mass is 32.1. The van der Waals surface area contributed by atoms with Crippen LogP contribution in [-0.4, -0.2) is 28.7 Å². The third-order valence-corrected chi connectivity index (χ3v) is 6.55. The molecule has 0 N–H and O–H groups in total. The van der Waals surface area contributed by atoms with E-state index in [0.29, 0.717) is 11.6 Å². The second-order valence-corrected chi connectivity index (χ2v) is 8.38. The third kappa shape index (κ3) is 2.97. The van der Waals surface area contributed by atoms with E-state index in [0.717, 1.165) is 24.3 Å². The first-order valence-corrected chi connectivity index (χ1v) is 10.1. The van der Waals surface area contributed by atoms with Crippen LogP contribution >= 0.6 is 11.3 Å². The zero-order chi connectivity index (χ0) is 19.1. The van der Waals surface area contributed by atoms with Crippen LogP contribution in [0, 0.1) is 11.3 Å². The van der Waals surface area contributed by atoms with E-state index in [1.165, 1.54) is 26.1 Å². The second-order valence-electron chi connectivity index (χ2n) is 7.27. The first kappa shape index (κ1) is 17.1. The molecule has 4 nitrogen and oxygen atoms in total. The fourth-order valence-corrected chi connectivity index (χ4v) is 5.15. The van der Waals surface area contributed by atoms with Crippen LogP contribution in [0.3, 0.4) is 0 Å². The Balaban J connectivity index is 1.56. The number of hydrogen-bond donors (Lipinski definition) is 0. The minimum atomic E-state index is 0.339. The highest BCUT2D eigenvalue weighted by Crippen LogP contribution is 2.39. The van der Waals surface area contributed by atoms with Crippen LogP contribution < -0.4 is 0 Å². The maximum absolute atomic E-state index is 8.92. The number of nitrogens with zero attached hydrogens (tertiary/aromatic N) is 4. The molecule has 136 valence electrons. The molecule has 2 aromatic heterocycles. The molecule has 2 aromatic carbocycles. The van der Waals surface area contributed by atoms with E-state index in [4.69, 9.17) is 5.26 Å². The van der Waals surface area contributed by atoms with Crippen LogP contribution in [-0.2, 0) is 6.54 Å². The van der Waals surface area contributed by atoms with Gasteiger partial charge >= 0.3 is 0 Å². The Morgan fingerprint density at radius 2 is 1.96 bits per heavy atom. The van der Waals surface area contributed by atoms with E-state index in [1.54, 1.807) is 6.07 Å². The summed E-state index contributed by atoms with van der Waals surface area (Å²) in [5.74, 6) is 0.382. The number of aromatic nitrogens is 2. The predicted molar refractivity (Wildman–Crippen MR) is 112 cm³/mol. The Hall–Kier alpha value is -3.07. The summed E-state index contributed by atoms with van der Waals surface area (Å²) in [5.41, 5.74) is 4.91. The normalized spacial score (nSPS) is 16.6. The van der Waals surface area contributed by atoms with Gasteiger partial charge in [-0.25, -0.2) is 0 Å². The molecule has 0 aliphatic carbocycles. The summed E-state index contributed by atoms with van der Waals surface area (Å²) in [4.78, 5) is 3.80. The number of fused-ring (bicyclic) bond motifs is 2. The van der Waals surface area contributed by atoms with Crippen LogP contribution in [0.5, 0.6) is 0 Å². The zero-order valence-corrected chi connectivity index (χ0v) is 16.3. The molecular weight excluding hydrogens is 364 g/mol. The molecular formula is C23H18N4S. The van der Waals surface area contributed by atoms with Gasteiger partial charge in [0.1, 0.15) is 6.07 Å². The molecule has 0 radical (unpaired) electrons. The molecule has 0 amide bonds. The fraction of sp³-hybridized carbons (Fsp3) is 0.174. The van der Waals surface area contributed by atoms with E-state index in [9.17, 15) is 0 Å². The Morgan fingerprint density at radius 3 is 2.75 bits per heavy atom. The molecule has 3 heterocycles. The van der Waals surface area contributed by atoms with Crippen LogP contribution in [0.25, 0.3) is 21.3 Å². The van der Waals surface area contributed by atoms with E-state index in [1.807, 2.05) is 23.5 Å². The standard InChI is InChI=1S/C23H18N4S/c1-27-13-17-10-15(21-9-7-18(12-24)25-26-21)6-8-19(17)20(14-27)23-11-16-4-2-3-5-22(16)28-23/h2-11,20H,13-14H2,1H3. The van der Waals surface area contributed by atoms with Gasteiger partial charge < -0.3 is 4.90 Å². The van der Waals surface area contributed by atoms with E-state index < -0.39 is 0 Å². The molecule has 1 aliphatic heterocycles. The average Bonchev–Trinajstić information content (AvgIpc) is 3.17. The van der Waals surface area contributed by atoms with Crippen molar-refractivity contribution in [3.63, 3.8) is 0 Å². The second kappa shape index (κ2) is 6.83. The molecule has 0 spiro atoms. The molecule has 28 heavy (non-hydrogen) atoms. The Labute approximate surface area is 167 Å². The smallest absolute Gasteiger partial charge is 0.163 e. The summed E-state index contributed by atoms with van der Waals surface area (Å²) in [6, 6.07) is 23.1. The number of likely N-dealkylation sites (N-methyl/N-ethyl adjacent to an activating group) is 1. The molecule has 1 unspecified atom stereocenters. The van der Waals surface area contributed by atoms with Gasteiger partial charge in [0.05, 0.1) is 5.69 Å². The van der Waals surface area contributed by atoms with Gasteiger partial charge in [-0.1, -0.05) is 30.3 Å². The van der Waals surface area contributed by atoms with Crippen LogP contribution in [0.1, 0.15) is 27.6 Å². The molecule has 1 aliphatic rings. The van der Waals surface area contributed by atoms with Gasteiger partial charge in [-0.15, -0.1) is 21.5 Å². The van der Waals surface area contributed by atoms with Gasteiger partial charge in [0, 0.05) is 34.1 Å². The van der Waals surface area contributed by atoms with Crippen molar-refractivity contribution in [2.24, 2.45) is 0 Å². The Bertz CT molecular complexity index is 1170. The van der Waals surface area contributed by atoms with Crippen molar-refractivity contribution in [1.29, 1.82) is 5.26 Å². The molecule has 5 rings (SSSR count). The lowest BCUT2D eigenvalue weighted by Crippen LogP contribution is -2.30. The SMILES string of the molecule is CN1Cc2cc(-c3ccc(C#N)nn3)ccc2C(c2cc3ccccc3s2)C1. The van der Waals surface area contributed by atoms with Crippen molar-refractivity contribution in [3.8, 4) is 17.3 Å².